The number of hydrogen-bond donors (Lipinski definition) is 2. The van der Waals surface area contributed by atoms with Crippen LogP contribution in [0.2, 0.25) is 0 Å². The third-order valence-corrected chi connectivity index (χ3v) is 3.12. The molecule has 0 saturated heterocycles. The van der Waals surface area contributed by atoms with Crippen molar-refractivity contribution in [2.45, 2.75) is 20.5 Å². The smallest absolute Gasteiger partial charge is 0.248 e. The summed E-state index contributed by atoms with van der Waals surface area (Å²) in [6.07, 6.45) is 6.60. The largest absolute Gasteiger partial charge is 0.494 e. The third kappa shape index (κ3) is 4.93. The fraction of sp³-hybridized carbons (Fsp3) is 0.222. The van der Waals surface area contributed by atoms with Crippen LogP contribution >= 0.6 is 0 Å². The second-order valence-electron chi connectivity index (χ2n) is 5.03. The number of benzene rings is 1. The Balaban J connectivity index is 2.05. The first-order valence-corrected chi connectivity index (χ1v) is 7.39. The number of carbonyl (C=O) groups excluding carboxylic acids is 1. The highest BCUT2D eigenvalue weighted by Crippen LogP contribution is 2.23. The van der Waals surface area contributed by atoms with E-state index in [1.807, 2.05) is 19.9 Å². The summed E-state index contributed by atoms with van der Waals surface area (Å²) in [6.45, 7) is 4.19. The van der Waals surface area contributed by atoms with Gasteiger partial charge in [-0.3, -0.25) is 9.78 Å². The van der Waals surface area contributed by atoms with Crippen molar-refractivity contribution in [3.63, 3.8) is 0 Å². The molecule has 0 fully saturated rings. The van der Waals surface area contributed by atoms with Gasteiger partial charge in [-0.15, -0.1) is 0 Å². The summed E-state index contributed by atoms with van der Waals surface area (Å²) in [6, 6.07) is 7.12. The second kappa shape index (κ2) is 8.10. The van der Waals surface area contributed by atoms with Gasteiger partial charge in [0.25, 0.3) is 0 Å². The number of aliphatic hydroxyl groups is 1. The highest BCUT2D eigenvalue weighted by molar-refractivity contribution is 6.02. The van der Waals surface area contributed by atoms with E-state index < -0.39 is 0 Å². The van der Waals surface area contributed by atoms with Crippen molar-refractivity contribution in [1.82, 2.24) is 4.98 Å². The summed E-state index contributed by atoms with van der Waals surface area (Å²) in [5.41, 5.74) is 3.14. The van der Waals surface area contributed by atoms with Gasteiger partial charge in [-0.25, -0.2) is 0 Å². The summed E-state index contributed by atoms with van der Waals surface area (Å²) in [5.74, 6) is 0.369. The first-order valence-electron chi connectivity index (χ1n) is 7.39. The van der Waals surface area contributed by atoms with Crippen LogP contribution in [0.25, 0.3) is 6.08 Å². The van der Waals surface area contributed by atoms with Crippen LogP contribution < -0.4 is 10.1 Å². The number of pyridine rings is 1. The van der Waals surface area contributed by atoms with Crippen molar-refractivity contribution >= 4 is 17.7 Å². The molecule has 0 bridgehead atoms. The summed E-state index contributed by atoms with van der Waals surface area (Å²) >= 11 is 0. The van der Waals surface area contributed by atoms with Gasteiger partial charge < -0.3 is 15.2 Å². The molecular formula is C18H20N2O3. The molecule has 1 aromatic carbocycles. The minimum atomic E-state index is -0.250. The average Bonchev–Trinajstić information content (AvgIpc) is 2.54. The Labute approximate surface area is 135 Å². The van der Waals surface area contributed by atoms with Crippen LogP contribution in [0, 0.1) is 6.92 Å². The van der Waals surface area contributed by atoms with Crippen molar-refractivity contribution in [2.24, 2.45) is 0 Å². The highest BCUT2D eigenvalue weighted by Gasteiger charge is 2.05. The molecule has 2 N–H and O–H groups in total. The number of anilines is 1. The first kappa shape index (κ1) is 16.7. The van der Waals surface area contributed by atoms with Crippen LogP contribution in [0.15, 0.2) is 42.7 Å². The van der Waals surface area contributed by atoms with E-state index in [1.54, 1.807) is 36.7 Å². The Kier molecular flexibility index (Phi) is 5.88. The molecule has 23 heavy (non-hydrogen) atoms. The van der Waals surface area contributed by atoms with Crippen molar-refractivity contribution in [1.29, 1.82) is 0 Å². The lowest BCUT2D eigenvalue weighted by atomic mass is 10.2. The number of aromatic nitrogens is 1. The molecular weight excluding hydrogens is 292 g/mol. The maximum atomic E-state index is 12.0. The number of aliphatic hydroxyl groups excluding tert-OH is 1. The second-order valence-corrected chi connectivity index (χ2v) is 5.03. The van der Waals surface area contributed by atoms with Crippen molar-refractivity contribution in [2.75, 3.05) is 11.9 Å². The van der Waals surface area contributed by atoms with Crippen LogP contribution in [-0.2, 0) is 11.4 Å². The number of hydrogen-bond acceptors (Lipinski definition) is 4. The zero-order chi connectivity index (χ0) is 16.7. The van der Waals surface area contributed by atoms with Gasteiger partial charge in [0.15, 0.2) is 0 Å². The lowest BCUT2D eigenvalue weighted by molar-refractivity contribution is -0.111. The fourth-order valence-corrected chi connectivity index (χ4v) is 2.10. The van der Waals surface area contributed by atoms with Gasteiger partial charge in [0.1, 0.15) is 5.75 Å². The predicted molar refractivity (Wildman–Crippen MR) is 90.2 cm³/mol. The Hall–Kier alpha value is -2.66. The molecule has 0 aliphatic carbocycles. The molecule has 0 radical (unpaired) electrons. The van der Waals surface area contributed by atoms with Gasteiger partial charge in [-0.05, 0) is 55.3 Å². The van der Waals surface area contributed by atoms with Gasteiger partial charge in [-0.2, -0.15) is 0 Å². The average molecular weight is 312 g/mol. The summed E-state index contributed by atoms with van der Waals surface area (Å²) in [5, 5.41) is 12.1. The number of carbonyl (C=O) groups is 1. The molecule has 5 heteroatoms. The maximum absolute atomic E-state index is 12.0. The van der Waals surface area contributed by atoms with Gasteiger partial charge in [0.2, 0.25) is 5.91 Å². The zero-order valence-electron chi connectivity index (χ0n) is 13.2. The number of aryl methyl sites for hydroxylation is 1. The molecule has 0 atom stereocenters. The molecule has 0 unspecified atom stereocenters. The quantitative estimate of drug-likeness (QED) is 0.805. The summed E-state index contributed by atoms with van der Waals surface area (Å²) in [4.78, 5) is 16.0. The summed E-state index contributed by atoms with van der Waals surface area (Å²) < 4.78 is 5.41. The molecule has 0 saturated carbocycles. The van der Waals surface area contributed by atoms with Crippen LogP contribution in [0.3, 0.4) is 0 Å². The van der Waals surface area contributed by atoms with Crippen LogP contribution in [0.5, 0.6) is 5.75 Å². The Morgan fingerprint density at radius 2 is 2.17 bits per heavy atom. The van der Waals surface area contributed by atoms with Gasteiger partial charge in [0, 0.05) is 29.7 Å². The number of amides is 1. The van der Waals surface area contributed by atoms with Crippen LogP contribution in [-0.4, -0.2) is 22.6 Å². The molecule has 0 aliphatic heterocycles. The molecule has 5 nitrogen and oxygen atoms in total. The molecule has 0 spiro atoms. The number of rotatable bonds is 6. The highest BCUT2D eigenvalue weighted by atomic mass is 16.5. The van der Waals surface area contributed by atoms with E-state index >= 15 is 0 Å². The molecule has 1 amide bonds. The van der Waals surface area contributed by atoms with Gasteiger partial charge in [-0.1, -0.05) is 0 Å². The molecule has 2 aromatic rings. The minimum absolute atomic E-state index is 0.149. The Bertz CT molecular complexity index is 711. The molecule has 1 aromatic heterocycles. The number of nitrogens with one attached hydrogen (secondary N) is 1. The van der Waals surface area contributed by atoms with E-state index in [2.05, 4.69) is 10.3 Å². The van der Waals surface area contributed by atoms with Gasteiger partial charge >= 0.3 is 0 Å². The topological polar surface area (TPSA) is 71.5 Å². The van der Waals surface area contributed by atoms with Crippen molar-refractivity contribution in [3.05, 3.63) is 59.4 Å². The maximum Gasteiger partial charge on any atom is 0.248 e. The SMILES string of the molecule is CCOc1ccc(NC(=O)C=Cc2cncc(C)c2)cc1CO. The standard InChI is InChI=1S/C18H20N2O3/c1-3-23-17-6-5-16(9-15(17)12-21)20-18(22)7-4-14-8-13(2)10-19-11-14/h4-11,21H,3,12H2,1-2H3,(H,20,22). The predicted octanol–water partition coefficient (Wildman–Crippen LogP) is 2.93. The van der Waals surface area contributed by atoms with E-state index in [0.717, 1.165) is 11.1 Å². The molecule has 1 heterocycles. The number of ether oxygens (including phenoxy) is 1. The molecule has 120 valence electrons. The summed E-state index contributed by atoms with van der Waals surface area (Å²) in [7, 11) is 0. The van der Waals surface area contributed by atoms with E-state index in [1.165, 1.54) is 6.08 Å². The monoisotopic (exact) mass is 312 g/mol. The van der Waals surface area contributed by atoms with E-state index in [-0.39, 0.29) is 12.5 Å². The van der Waals surface area contributed by atoms with Crippen LogP contribution in [0.4, 0.5) is 5.69 Å². The normalized spacial score (nSPS) is 10.7. The lowest BCUT2D eigenvalue weighted by Gasteiger charge is -2.10. The zero-order valence-corrected chi connectivity index (χ0v) is 13.2. The molecule has 2 rings (SSSR count). The van der Waals surface area contributed by atoms with E-state index in [4.69, 9.17) is 4.74 Å². The minimum Gasteiger partial charge on any atom is -0.494 e. The van der Waals surface area contributed by atoms with E-state index in [0.29, 0.717) is 23.6 Å². The van der Waals surface area contributed by atoms with Crippen molar-refractivity contribution < 1.29 is 14.6 Å². The number of nitrogens with zero attached hydrogens (tertiary/aromatic N) is 1. The lowest BCUT2D eigenvalue weighted by Crippen LogP contribution is -2.08. The Morgan fingerprint density at radius 3 is 2.87 bits per heavy atom. The first-order chi connectivity index (χ1) is 11.1. The van der Waals surface area contributed by atoms with Crippen LogP contribution in [0.1, 0.15) is 23.6 Å². The third-order valence-electron chi connectivity index (χ3n) is 3.12. The van der Waals surface area contributed by atoms with Gasteiger partial charge in [0.05, 0.1) is 13.2 Å². The van der Waals surface area contributed by atoms with Crippen molar-refractivity contribution in [3.8, 4) is 5.75 Å². The van der Waals surface area contributed by atoms with E-state index in [9.17, 15) is 9.90 Å². The molecule has 0 aliphatic rings. The Morgan fingerprint density at radius 1 is 1.35 bits per heavy atom. The fourth-order valence-electron chi connectivity index (χ4n) is 2.10.